The van der Waals surface area contributed by atoms with Crippen molar-refractivity contribution < 1.29 is 18.9 Å². The van der Waals surface area contributed by atoms with E-state index in [-0.39, 0.29) is 6.29 Å². The van der Waals surface area contributed by atoms with Crippen LogP contribution in [-0.2, 0) is 9.47 Å². The number of nitrogens with one attached hydrogen (secondary N) is 3. The van der Waals surface area contributed by atoms with Crippen LogP contribution in [-0.4, -0.2) is 73.5 Å². The zero-order chi connectivity index (χ0) is 27.5. The molecule has 0 bridgehead atoms. The first-order chi connectivity index (χ1) is 19.6. The summed E-state index contributed by atoms with van der Waals surface area (Å²) in [4.78, 5) is 11.9. The average Bonchev–Trinajstić information content (AvgIpc) is 3.67. The van der Waals surface area contributed by atoms with E-state index >= 15 is 0 Å². The molecule has 0 amide bonds. The number of nitrogens with zero attached hydrogens (tertiary/aromatic N) is 4. The fourth-order valence-electron chi connectivity index (χ4n) is 5.43. The van der Waals surface area contributed by atoms with Gasteiger partial charge in [-0.15, -0.1) is 0 Å². The molecule has 2 aromatic carbocycles. The van der Waals surface area contributed by atoms with Gasteiger partial charge >= 0.3 is 0 Å². The van der Waals surface area contributed by atoms with Crippen molar-refractivity contribution in [2.45, 2.75) is 38.0 Å². The van der Waals surface area contributed by atoms with Crippen molar-refractivity contribution in [3.05, 3.63) is 42.5 Å². The van der Waals surface area contributed by atoms with Crippen LogP contribution in [0.1, 0.15) is 25.7 Å². The molecule has 1 unspecified atom stereocenters. The monoisotopic (exact) mass is 545 g/mol. The Kier molecular flexibility index (Phi) is 7.56. The summed E-state index contributed by atoms with van der Waals surface area (Å²) in [6.45, 7) is 2.16. The van der Waals surface area contributed by atoms with E-state index in [2.05, 4.69) is 37.9 Å². The molecule has 11 nitrogen and oxygen atoms in total. The molecule has 6 rings (SSSR count). The van der Waals surface area contributed by atoms with Gasteiger partial charge in [0.15, 0.2) is 23.4 Å². The third-order valence-electron chi connectivity index (χ3n) is 7.57. The number of anilines is 4. The molecule has 0 spiro atoms. The van der Waals surface area contributed by atoms with Crippen molar-refractivity contribution in [2.24, 2.45) is 0 Å². The maximum absolute atomic E-state index is 5.61. The standard InChI is InChI=1S/C29H35N7O4/c1-37-22-13-8-18(16-23(22)38-2)26-25-27(30-19-6-4-5-7-19)32-29(33-28(25)35-34-26)31-20-9-11-21(12-10-20)36-14-15-40-24(17-36)39-3/h8-13,16,19,24H,4-7,14-15,17H2,1-3H3,(H3,30,31,32,33,34,35). The summed E-state index contributed by atoms with van der Waals surface area (Å²) >= 11 is 0. The second-order valence-electron chi connectivity index (χ2n) is 10.0. The van der Waals surface area contributed by atoms with E-state index in [1.165, 1.54) is 12.8 Å². The zero-order valence-corrected chi connectivity index (χ0v) is 23.1. The highest BCUT2D eigenvalue weighted by molar-refractivity contribution is 5.99. The van der Waals surface area contributed by atoms with E-state index in [1.807, 2.05) is 30.3 Å². The molecule has 210 valence electrons. The van der Waals surface area contributed by atoms with Gasteiger partial charge in [-0.2, -0.15) is 15.1 Å². The van der Waals surface area contributed by atoms with Gasteiger partial charge in [0.1, 0.15) is 5.82 Å². The molecule has 2 aliphatic rings. The molecule has 1 saturated heterocycles. The summed E-state index contributed by atoms with van der Waals surface area (Å²) in [5.74, 6) is 2.55. The number of methoxy groups -OCH3 is 3. The summed E-state index contributed by atoms with van der Waals surface area (Å²) < 4.78 is 21.9. The zero-order valence-electron chi connectivity index (χ0n) is 23.1. The van der Waals surface area contributed by atoms with Gasteiger partial charge < -0.3 is 34.5 Å². The minimum Gasteiger partial charge on any atom is -0.493 e. The Labute approximate surface area is 233 Å². The highest BCUT2D eigenvalue weighted by atomic mass is 16.7. The van der Waals surface area contributed by atoms with Crippen molar-refractivity contribution in [3.63, 3.8) is 0 Å². The predicted octanol–water partition coefficient (Wildman–Crippen LogP) is 4.94. The van der Waals surface area contributed by atoms with Crippen molar-refractivity contribution in [2.75, 3.05) is 56.6 Å². The first kappa shape index (κ1) is 26.1. The van der Waals surface area contributed by atoms with Crippen LogP contribution in [0.15, 0.2) is 42.5 Å². The van der Waals surface area contributed by atoms with Crippen molar-refractivity contribution in [1.82, 2.24) is 20.2 Å². The second kappa shape index (κ2) is 11.6. The van der Waals surface area contributed by atoms with Gasteiger partial charge in [-0.05, 0) is 55.3 Å². The molecule has 40 heavy (non-hydrogen) atoms. The van der Waals surface area contributed by atoms with E-state index in [0.29, 0.717) is 42.3 Å². The molecule has 3 heterocycles. The van der Waals surface area contributed by atoms with Crippen molar-refractivity contribution >= 4 is 34.2 Å². The fraction of sp³-hybridized carbons (Fsp3) is 0.414. The van der Waals surface area contributed by atoms with Crippen molar-refractivity contribution in [3.8, 4) is 22.8 Å². The lowest BCUT2D eigenvalue weighted by atomic mass is 10.1. The Balaban J connectivity index is 1.30. The quantitative estimate of drug-likeness (QED) is 0.267. The number of aromatic nitrogens is 4. The van der Waals surface area contributed by atoms with Gasteiger partial charge in [-0.3, -0.25) is 5.10 Å². The number of hydrogen-bond donors (Lipinski definition) is 3. The van der Waals surface area contributed by atoms with Crippen LogP contribution in [0.25, 0.3) is 22.3 Å². The minimum atomic E-state index is -0.213. The van der Waals surface area contributed by atoms with Gasteiger partial charge in [0.2, 0.25) is 5.95 Å². The number of morpholine rings is 1. The normalized spacial score (nSPS) is 17.8. The summed E-state index contributed by atoms with van der Waals surface area (Å²) in [6, 6.07) is 14.4. The molecule has 2 aromatic heterocycles. The smallest absolute Gasteiger partial charge is 0.231 e. The molecular weight excluding hydrogens is 510 g/mol. The lowest BCUT2D eigenvalue weighted by Crippen LogP contribution is -2.43. The maximum atomic E-state index is 5.61. The summed E-state index contributed by atoms with van der Waals surface area (Å²) in [5.41, 5.74) is 4.32. The van der Waals surface area contributed by atoms with Gasteiger partial charge in [-0.1, -0.05) is 12.8 Å². The number of benzene rings is 2. The molecule has 1 aliphatic heterocycles. The van der Waals surface area contributed by atoms with Gasteiger partial charge in [-0.25, -0.2) is 0 Å². The number of rotatable bonds is 9. The Hall–Kier alpha value is -4.09. The largest absolute Gasteiger partial charge is 0.493 e. The van der Waals surface area contributed by atoms with Crippen LogP contribution in [0.3, 0.4) is 0 Å². The lowest BCUT2D eigenvalue weighted by molar-refractivity contribution is -0.128. The Morgan fingerprint density at radius 3 is 2.52 bits per heavy atom. The van der Waals surface area contributed by atoms with Crippen LogP contribution in [0, 0.1) is 0 Å². The van der Waals surface area contributed by atoms with Crippen LogP contribution < -0.4 is 25.0 Å². The number of H-pyrrole nitrogens is 1. The second-order valence-corrected chi connectivity index (χ2v) is 10.0. The topological polar surface area (TPSA) is 119 Å². The van der Waals surface area contributed by atoms with Gasteiger partial charge in [0.05, 0.1) is 38.5 Å². The van der Waals surface area contributed by atoms with E-state index in [4.69, 9.17) is 28.9 Å². The molecular formula is C29H35N7O4. The Morgan fingerprint density at radius 2 is 1.77 bits per heavy atom. The van der Waals surface area contributed by atoms with Crippen LogP contribution in [0.5, 0.6) is 11.5 Å². The number of aromatic amines is 1. The van der Waals surface area contributed by atoms with E-state index < -0.39 is 0 Å². The lowest BCUT2D eigenvalue weighted by Gasteiger charge is -2.33. The third-order valence-corrected chi connectivity index (χ3v) is 7.57. The highest BCUT2D eigenvalue weighted by Gasteiger charge is 2.23. The average molecular weight is 546 g/mol. The maximum Gasteiger partial charge on any atom is 0.231 e. The molecule has 1 atom stereocenters. The first-order valence-electron chi connectivity index (χ1n) is 13.7. The molecule has 1 aliphatic carbocycles. The van der Waals surface area contributed by atoms with E-state index in [9.17, 15) is 0 Å². The Morgan fingerprint density at radius 1 is 0.975 bits per heavy atom. The SMILES string of the molecule is COc1ccc(-c2[nH]nc3nc(Nc4ccc(N5CCOC(OC)C5)cc4)nc(NC4CCCC4)c23)cc1OC. The van der Waals surface area contributed by atoms with Crippen LogP contribution >= 0.6 is 0 Å². The highest BCUT2D eigenvalue weighted by Crippen LogP contribution is 2.37. The summed E-state index contributed by atoms with van der Waals surface area (Å²) in [6.07, 6.45) is 4.45. The molecule has 11 heteroatoms. The van der Waals surface area contributed by atoms with E-state index in [0.717, 1.165) is 53.2 Å². The number of ether oxygens (including phenoxy) is 4. The third kappa shape index (κ3) is 5.34. The van der Waals surface area contributed by atoms with Gasteiger partial charge in [0.25, 0.3) is 0 Å². The molecule has 3 N–H and O–H groups in total. The molecule has 0 radical (unpaired) electrons. The summed E-state index contributed by atoms with van der Waals surface area (Å²) in [5, 5.41) is 15.6. The molecule has 1 saturated carbocycles. The Bertz CT molecular complexity index is 1450. The summed E-state index contributed by atoms with van der Waals surface area (Å²) in [7, 11) is 4.93. The minimum absolute atomic E-state index is 0.213. The first-order valence-corrected chi connectivity index (χ1v) is 13.7. The number of hydrogen-bond acceptors (Lipinski definition) is 10. The fourth-order valence-corrected chi connectivity index (χ4v) is 5.43. The van der Waals surface area contributed by atoms with Gasteiger partial charge in [0, 0.05) is 36.6 Å². The van der Waals surface area contributed by atoms with Crippen LogP contribution in [0.2, 0.25) is 0 Å². The van der Waals surface area contributed by atoms with E-state index in [1.54, 1.807) is 21.3 Å². The van der Waals surface area contributed by atoms with Crippen molar-refractivity contribution in [1.29, 1.82) is 0 Å². The van der Waals surface area contributed by atoms with Crippen LogP contribution in [0.4, 0.5) is 23.1 Å². The predicted molar refractivity (Wildman–Crippen MR) is 155 cm³/mol. The molecule has 2 fully saturated rings. The molecule has 4 aromatic rings. The number of fused-ring (bicyclic) bond motifs is 1.